The molecule has 0 saturated carbocycles. The molecule has 5 nitrogen and oxygen atoms in total. The van der Waals surface area contributed by atoms with Gasteiger partial charge in [0.05, 0.1) is 16.2 Å². The van der Waals surface area contributed by atoms with Gasteiger partial charge in [0.15, 0.2) is 14.9 Å². The molecule has 1 aromatic carbocycles. The maximum absolute atomic E-state index is 11.8. The standard InChI is InChI=1S/C11H6Cl3N3O2S/c1-20(18,19)11-6(4-15)5-16-17(11)10-8(13)2-7(12)3-9(10)14/h2-3,5H,1H3. The van der Waals surface area contributed by atoms with Crippen molar-refractivity contribution in [3.05, 3.63) is 39.0 Å². The van der Waals surface area contributed by atoms with E-state index in [1.807, 2.05) is 0 Å². The van der Waals surface area contributed by atoms with Gasteiger partial charge < -0.3 is 0 Å². The van der Waals surface area contributed by atoms with E-state index in [2.05, 4.69) is 5.10 Å². The summed E-state index contributed by atoms with van der Waals surface area (Å²) in [6, 6.07) is 4.58. The predicted octanol–water partition coefficient (Wildman–Crippen LogP) is 3.11. The highest BCUT2D eigenvalue weighted by molar-refractivity contribution is 7.90. The average molecular weight is 351 g/mol. The van der Waals surface area contributed by atoms with E-state index < -0.39 is 9.84 Å². The number of nitriles is 1. The van der Waals surface area contributed by atoms with E-state index in [1.54, 1.807) is 6.07 Å². The molecular formula is C11H6Cl3N3O2S. The molecule has 0 fully saturated rings. The Bertz CT molecular complexity index is 814. The Labute approximate surface area is 130 Å². The van der Waals surface area contributed by atoms with Gasteiger partial charge in [-0.3, -0.25) is 0 Å². The number of rotatable bonds is 2. The Balaban J connectivity index is 2.86. The van der Waals surface area contributed by atoms with Crippen LogP contribution < -0.4 is 0 Å². The van der Waals surface area contributed by atoms with Crippen molar-refractivity contribution in [1.82, 2.24) is 9.78 Å². The van der Waals surface area contributed by atoms with Crippen molar-refractivity contribution in [3.63, 3.8) is 0 Å². The minimum Gasteiger partial charge on any atom is -0.222 e. The second-order valence-corrected chi connectivity index (χ2v) is 7.06. The maximum Gasteiger partial charge on any atom is 0.194 e. The Morgan fingerprint density at radius 2 is 1.80 bits per heavy atom. The first kappa shape index (κ1) is 15.1. The molecule has 0 aliphatic carbocycles. The average Bonchev–Trinajstić information content (AvgIpc) is 2.70. The molecule has 9 heteroatoms. The molecule has 1 aromatic heterocycles. The van der Waals surface area contributed by atoms with Gasteiger partial charge in [-0.1, -0.05) is 34.8 Å². The SMILES string of the molecule is CS(=O)(=O)c1c(C#N)cnn1-c1c(Cl)cc(Cl)cc1Cl. The summed E-state index contributed by atoms with van der Waals surface area (Å²) in [6.07, 6.45) is 2.11. The van der Waals surface area contributed by atoms with Gasteiger partial charge in [0, 0.05) is 11.3 Å². The molecule has 0 radical (unpaired) electrons. The number of sulfone groups is 1. The van der Waals surface area contributed by atoms with Crippen LogP contribution in [0.3, 0.4) is 0 Å². The first-order valence-electron chi connectivity index (χ1n) is 5.09. The summed E-state index contributed by atoms with van der Waals surface area (Å²) in [6.45, 7) is 0. The first-order chi connectivity index (χ1) is 9.25. The highest BCUT2D eigenvalue weighted by Gasteiger charge is 2.24. The molecule has 0 unspecified atom stereocenters. The lowest BCUT2D eigenvalue weighted by Gasteiger charge is -2.10. The van der Waals surface area contributed by atoms with Crippen molar-refractivity contribution in [2.24, 2.45) is 0 Å². The van der Waals surface area contributed by atoms with Gasteiger partial charge in [0.2, 0.25) is 0 Å². The van der Waals surface area contributed by atoms with E-state index >= 15 is 0 Å². The van der Waals surface area contributed by atoms with E-state index in [1.165, 1.54) is 12.1 Å². The zero-order chi connectivity index (χ0) is 15.1. The van der Waals surface area contributed by atoms with Crippen LogP contribution in [0.1, 0.15) is 5.56 Å². The summed E-state index contributed by atoms with van der Waals surface area (Å²) in [7, 11) is -3.70. The van der Waals surface area contributed by atoms with E-state index in [9.17, 15) is 8.42 Å². The van der Waals surface area contributed by atoms with Gasteiger partial charge in [-0.25, -0.2) is 13.1 Å². The van der Waals surface area contributed by atoms with Crippen molar-refractivity contribution >= 4 is 44.6 Å². The molecule has 0 amide bonds. The molecule has 0 aliphatic rings. The fourth-order valence-corrected chi connectivity index (χ4v) is 3.59. The second kappa shape index (κ2) is 5.26. The molecule has 2 aromatic rings. The molecule has 2 rings (SSSR count). The van der Waals surface area contributed by atoms with Crippen LogP contribution in [0.2, 0.25) is 15.1 Å². The summed E-state index contributed by atoms with van der Waals surface area (Å²) >= 11 is 17.9. The number of aromatic nitrogens is 2. The van der Waals surface area contributed by atoms with Crippen LogP contribution in [0.15, 0.2) is 23.4 Å². The van der Waals surface area contributed by atoms with E-state index in [-0.39, 0.29) is 26.3 Å². The third-order valence-electron chi connectivity index (χ3n) is 2.39. The van der Waals surface area contributed by atoms with E-state index in [0.29, 0.717) is 5.02 Å². The zero-order valence-corrected chi connectivity index (χ0v) is 13.0. The molecule has 0 N–H and O–H groups in total. The van der Waals surface area contributed by atoms with Crippen molar-refractivity contribution in [2.45, 2.75) is 5.03 Å². The smallest absolute Gasteiger partial charge is 0.194 e. The van der Waals surface area contributed by atoms with Crippen LogP contribution in [0.4, 0.5) is 0 Å². The molecule has 0 saturated heterocycles. The number of hydrogen-bond donors (Lipinski definition) is 0. The van der Waals surface area contributed by atoms with E-state index in [4.69, 9.17) is 40.1 Å². The van der Waals surface area contributed by atoms with Crippen LogP contribution in [-0.4, -0.2) is 24.5 Å². The maximum atomic E-state index is 11.8. The molecule has 0 bridgehead atoms. The quantitative estimate of drug-likeness (QED) is 0.834. The fraction of sp³-hybridized carbons (Fsp3) is 0.0909. The Morgan fingerprint density at radius 1 is 1.25 bits per heavy atom. The summed E-state index contributed by atoms with van der Waals surface area (Å²) in [5.74, 6) is 0. The Hall–Kier alpha value is -1.26. The van der Waals surface area contributed by atoms with Crippen molar-refractivity contribution in [2.75, 3.05) is 6.26 Å². The Kier molecular flexibility index (Phi) is 3.98. The molecule has 20 heavy (non-hydrogen) atoms. The van der Waals surface area contributed by atoms with Crippen molar-refractivity contribution < 1.29 is 8.42 Å². The summed E-state index contributed by atoms with van der Waals surface area (Å²) in [4.78, 5) is 0. The largest absolute Gasteiger partial charge is 0.222 e. The highest BCUT2D eigenvalue weighted by Crippen LogP contribution is 2.34. The molecule has 104 valence electrons. The van der Waals surface area contributed by atoms with Crippen molar-refractivity contribution in [1.29, 1.82) is 5.26 Å². The minimum absolute atomic E-state index is 0.0883. The van der Waals surface area contributed by atoms with Gasteiger partial charge in [-0.2, -0.15) is 10.4 Å². The highest BCUT2D eigenvalue weighted by atomic mass is 35.5. The van der Waals surface area contributed by atoms with Gasteiger partial charge in [0.25, 0.3) is 0 Å². The molecule has 0 aliphatic heterocycles. The zero-order valence-electron chi connectivity index (χ0n) is 9.93. The van der Waals surface area contributed by atoms with Crippen LogP contribution in [0, 0.1) is 11.3 Å². The third kappa shape index (κ3) is 2.63. The van der Waals surface area contributed by atoms with Gasteiger partial charge >= 0.3 is 0 Å². The van der Waals surface area contributed by atoms with Gasteiger partial charge in [-0.15, -0.1) is 0 Å². The number of benzene rings is 1. The Morgan fingerprint density at radius 3 is 2.25 bits per heavy atom. The van der Waals surface area contributed by atoms with Gasteiger partial charge in [-0.05, 0) is 12.1 Å². The topological polar surface area (TPSA) is 75.8 Å². The van der Waals surface area contributed by atoms with Crippen LogP contribution in [-0.2, 0) is 9.84 Å². The van der Waals surface area contributed by atoms with Crippen LogP contribution in [0.5, 0.6) is 0 Å². The van der Waals surface area contributed by atoms with Gasteiger partial charge in [0.1, 0.15) is 17.3 Å². The molecule has 0 atom stereocenters. The summed E-state index contributed by atoms with van der Waals surface area (Å²) in [5.41, 5.74) is 0.0641. The minimum atomic E-state index is -3.70. The predicted molar refractivity (Wildman–Crippen MR) is 76.4 cm³/mol. The molecule has 1 heterocycles. The normalized spacial score (nSPS) is 11.3. The lowest BCUT2D eigenvalue weighted by Crippen LogP contribution is -2.10. The van der Waals surface area contributed by atoms with Crippen LogP contribution >= 0.6 is 34.8 Å². The van der Waals surface area contributed by atoms with E-state index in [0.717, 1.165) is 17.1 Å². The molecule has 0 spiro atoms. The second-order valence-electron chi connectivity index (χ2n) is 3.88. The lowest BCUT2D eigenvalue weighted by molar-refractivity contribution is 0.591. The fourth-order valence-electron chi connectivity index (χ4n) is 1.67. The number of hydrogen-bond acceptors (Lipinski definition) is 4. The monoisotopic (exact) mass is 349 g/mol. The number of halogens is 3. The van der Waals surface area contributed by atoms with Crippen molar-refractivity contribution in [3.8, 4) is 11.8 Å². The van der Waals surface area contributed by atoms with Crippen LogP contribution in [0.25, 0.3) is 5.69 Å². The molecular weight excluding hydrogens is 345 g/mol. The lowest BCUT2D eigenvalue weighted by atomic mass is 10.3. The summed E-state index contributed by atoms with van der Waals surface area (Å²) < 4.78 is 24.7. The summed E-state index contributed by atoms with van der Waals surface area (Å²) in [5, 5.41) is 13.1. The third-order valence-corrected chi connectivity index (χ3v) is 4.28. The number of nitrogens with zero attached hydrogens (tertiary/aromatic N) is 3. The first-order valence-corrected chi connectivity index (χ1v) is 8.11.